The minimum atomic E-state index is -0.0376. The smallest absolute Gasteiger partial charge is 0.231 e. The van der Waals surface area contributed by atoms with Crippen molar-refractivity contribution in [2.24, 2.45) is 0 Å². The van der Waals surface area contributed by atoms with Gasteiger partial charge in [-0.2, -0.15) is 0 Å². The quantitative estimate of drug-likeness (QED) is 0.612. The van der Waals surface area contributed by atoms with E-state index in [0.717, 1.165) is 35.6 Å². The van der Waals surface area contributed by atoms with E-state index in [1.807, 2.05) is 47.2 Å². The molecule has 2 aromatic carbocycles. The van der Waals surface area contributed by atoms with Crippen molar-refractivity contribution in [2.45, 2.75) is 25.3 Å². The zero-order valence-corrected chi connectivity index (χ0v) is 15.6. The van der Waals surface area contributed by atoms with Crippen molar-refractivity contribution >= 4 is 5.91 Å². The lowest BCUT2D eigenvalue weighted by Crippen LogP contribution is -2.27. The van der Waals surface area contributed by atoms with Crippen LogP contribution in [0.1, 0.15) is 29.9 Å². The molecule has 1 amide bonds. The number of aryl methyl sites for hydroxylation is 1. The summed E-state index contributed by atoms with van der Waals surface area (Å²) in [4.78, 5) is 16.6. The lowest BCUT2D eigenvalue weighted by molar-refractivity contribution is -0.121. The van der Waals surface area contributed by atoms with Crippen LogP contribution in [0.3, 0.4) is 0 Å². The second-order valence-electron chi connectivity index (χ2n) is 6.78. The van der Waals surface area contributed by atoms with E-state index >= 15 is 0 Å². The predicted octanol–water partition coefficient (Wildman–Crippen LogP) is 3.34. The first kappa shape index (κ1) is 18.1. The molecule has 0 unspecified atom stereocenters. The third-order valence-corrected chi connectivity index (χ3v) is 4.86. The van der Waals surface area contributed by atoms with Gasteiger partial charge in [-0.25, -0.2) is 4.98 Å². The third-order valence-electron chi connectivity index (χ3n) is 4.86. The molecule has 2 heterocycles. The molecule has 1 N–H and O–H groups in total. The van der Waals surface area contributed by atoms with E-state index in [9.17, 15) is 4.79 Å². The molecule has 0 saturated carbocycles. The zero-order valence-electron chi connectivity index (χ0n) is 15.6. The van der Waals surface area contributed by atoms with Crippen molar-refractivity contribution in [1.82, 2.24) is 14.9 Å². The number of carbonyl (C=O) groups excluding carboxylic acids is 1. The number of imidazole rings is 1. The van der Waals surface area contributed by atoms with E-state index in [2.05, 4.69) is 22.4 Å². The number of hydrogen-bond acceptors (Lipinski definition) is 4. The Balaban J connectivity index is 1.41. The van der Waals surface area contributed by atoms with Gasteiger partial charge in [-0.3, -0.25) is 4.79 Å². The number of rotatable bonds is 8. The predicted molar refractivity (Wildman–Crippen MR) is 105 cm³/mol. The molecule has 1 aromatic heterocycles. The molecule has 4 rings (SSSR count). The summed E-state index contributed by atoms with van der Waals surface area (Å²) >= 11 is 0. The summed E-state index contributed by atoms with van der Waals surface area (Å²) in [6.07, 6.45) is 6.71. The van der Waals surface area contributed by atoms with Crippen LogP contribution in [0.25, 0.3) is 0 Å². The lowest BCUT2D eigenvalue weighted by atomic mass is 9.88. The van der Waals surface area contributed by atoms with Gasteiger partial charge in [0.1, 0.15) is 0 Å². The number of amides is 1. The Hall–Kier alpha value is -3.28. The summed E-state index contributed by atoms with van der Waals surface area (Å²) in [5.41, 5.74) is 2.15. The number of benzene rings is 2. The zero-order chi connectivity index (χ0) is 19.2. The number of aromatic nitrogens is 2. The Kier molecular flexibility index (Phi) is 5.56. The SMILES string of the molecule is O=C(C[C@@H](c1ccccc1)c1ccc2c(c1)OCO2)NCCCn1ccnc1. The highest BCUT2D eigenvalue weighted by atomic mass is 16.7. The van der Waals surface area contributed by atoms with E-state index < -0.39 is 0 Å². The highest BCUT2D eigenvalue weighted by Crippen LogP contribution is 2.37. The first-order valence-electron chi connectivity index (χ1n) is 9.46. The van der Waals surface area contributed by atoms with Gasteiger partial charge < -0.3 is 19.4 Å². The van der Waals surface area contributed by atoms with Gasteiger partial charge in [0.15, 0.2) is 11.5 Å². The Labute approximate surface area is 164 Å². The molecule has 1 aliphatic heterocycles. The van der Waals surface area contributed by atoms with Gasteiger partial charge in [-0.1, -0.05) is 36.4 Å². The molecule has 28 heavy (non-hydrogen) atoms. The van der Waals surface area contributed by atoms with Crippen LogP contribution >= 0.6 is 0 Å². The number of carbonyl (C=O) groups is 1. The summed E-state index contributed by atoms with van der Waals surface area (Å²) in [5.74, 6) is 1.49. The molecule has 0 fully saturated rings. The molecule has 0 bridgehead atoms. The second-order valence-corrected chi connectivity index (χ2v) is 6.78. The fourth-order valence-corrected chi connectivity index (χ4v) is 3.41. The summed E-state index contributed by atoms with van der Waals surface area (Å²) in [7, 11) is 0. The van der Waals surface area contributed by atoms with Crippen molar-refractivity contribution in [2.75, 3.05) is 13.3 Å². The van der Waals surface area contributed by atoms with Crippen LogP contribution in [0, 0.1) is 0 Å². The molecule has 0 spiro atoms. The maximum Gasteiger partial charge on any atom is 0.231 e. The Morgan fingerprint density at radius 1 is 1.11 bits per heavy atom. The summed E-state index contributed by atoms with van der Waals surface area (Å²) < 4.78 is 12.9. The fourth-order valence-electron chi connectivity index (χ4n) is 3.41. The molecule has 0 radical (unpaired) electrons. The average molecular weight is 377 g/mol. The molecular formula is C22H23N3O3. The summed E-state index contributed by atoms with van der Waals surface area (Å²) in [6.45, 7) is 1.72. The first-order valence-corrected chi connectivity index (χ1v) is 9.46. The van der Waals surface area contributed by atoms with Crippen LogP contribution in [-0.2, 0) is 11.3 Å². The van der Waals surface area contributed by atoms with Gasteiger partial charge in [-0.15, -0.1) is 0 Å². The highest BCUT2D eigenvalue weighted by Gasteiger charge is 2.21. The summed E-state index contributed by atoms with van der Waals surface area (Å²) in [6, 6.07) is 16.0. The number of fused-ring (bicyclic) bond motifs is 1. The molecule has 144 valence electrons. The van der Waals surface area contributed by atoms with Crippen LogP contribution in [0.5, 0.6) is 11.5 Å². The maximum atomic E-state index is 12.6. The Morgan fingerprint density at radius 2 is 1.96 bits per heavy atom. The van der Waals surface area contributed by atoms with Crippen molar-refractivity contribution in [3.05, 3.63) is 78.4 Å². The Bertz CT molecular complexity index is 910. The van der Waals surface area contributed by atoms with E-state index in [1.54, 1.807) is 12.5 Å². The van der Waals surface area contributed by atoms with Gasteiger partial charge in [0.05, 0.1) is 6.33 Å². The molecule has 1 atom stereocenters. The van der Waals surface area contributed by atoms with Crippen LogP contribution in [0.2, 0.25) is 0 Å². The van der Waals surface area contributed by atoms with Gasteiger partial charge in [0, 0.05) is 37.8 Å². The monoisotopic (exact) mass is 377 g/mol. The van der Waals surface area contributed by atoms with Gasteiger partial charge in [-0.05, 0) is 29.7 Å². The average Bonchev–Trinajstić information content (AvgIpc) is 3.41. The van der Waals surface area contributed by atoms with Crippen LogP contribution in [0.15, 0.2) is 67.3 Å². The molecule has 0 aliphatic carbocycles. The lowest BCUT2D eigenvalue weighted by Gasteiger charge is -2.18. The molecule has 6 heteroatoms. The van der Waals surface area contributed by atoms with Crippen LogP contribution in [0.4, 0.5) is 0 Å². The minimum absolute atomic E-state index is 0.0376. The molecular weight excluding hydrogens is 354 g/mol. The topological polar surface area (TPSA) is 65.4 Å². The minimum Gasteiger partial charge on any atom is -0.454 e. The number of hydrogen-bond donors (Lipinski definition) is 1. The van der Waals surface area contributed by atoms with Crippen LogP contribution in [-0.4, -0.2) is 28.8 Å². The van der Waals surface area contributed by atoms with Crippen molar-refractivity contribution < 1.29 is 14.3 Å². The van der Waals surface area contributed by atoms with E-state index in [4.69, 9.17) is 9.47 Å². The summed E-state index contributed by atoms with van der Waals surface area (Å²) in [5, 5.41) is 3.04. The fraction of sp³-hybridized carbons (Fsp3) is 0.273. The van der Waals surface area contributed by atoms with E-state index in [-0.39, 0.29) is 18.6 Å². The van der Waals surface area contributed by atoms with Gasteiger partial charge in [0.25, 0.3) is 0 Å². The van der Waals surface area contributed by atoms with Crippen molar-refractivity contribution in [3.8, 4) is 11.5 Å². The molecule has 0 saturated heterocycles. The number of nitrogens with one attached hydrogen (secondary N) is 1. The highest BCUT2D eigenvalue weighted by molar-refractivity contribution is 5.77. The van der Waals surface area contributed by atoms with E-state index in [1.165, 1.54) is 0 Å². The molecule has 1 aliphatic rings. The Morgan fingerprint density at radius 3 is 2.79 bits per heavy atom. The van der Waals surface area contributed by atoms with Crippen LogP contribution < -0.4 is 14.8 Å². The van der Waals surface area contributed by atoms with Crippen molar-refractivity contribution in [1.29, 1.82) is 0 Å². The molecule has 3 aromatic rings. The van der Waals surface area contributed by atoms with Gasteiger partial charge in [0.2, 0.25) is 12.7 Å². The standard InChI is InChI=1S/C22H23N3O3/c26-22(24-9-4-11-25-12-10-23-15-25)14-19(17-5-2-1-3-6-17)18-7-8-20-21(13-18)28-16-27-20/h1-3,5-8,10,12-13,15,19H,4,9,11,14,16H2,(H,24,26)/t19-/m0/s1. The van der Waals surface area contributed by atoms with Crippen molar-refractivity contribution in [3.63, 3.8) is 0 Å². The first-order chi connectivity index (χ1) is 13.8. The van der Waals surface area contributed by atoms with E-state index in [0.29, 0.717) is 13.0 Å². The second kappa shape index (κ2) is 8.61. The largest absolute Gasteiger partial charge is 0.454 e. The number of nitrogens with zero attached hydrogens (tertiary/aromatic N) is 2. The number of ether oxygens (including phenoxy) is 2. The molecule has 6 nitrogen and oxygen atoms in total. The third kappa shape index (κ3) is 4.34. The van der Waals surface area contributed by atoms with Gasteiger partial charge >= 0.3 is 0 Å². The maximum absolute atomic E-state index is 12.6. The normalized spacial score (nSPS) is 13.3.